The topological polar surface area (TPSA) is 78.5 Å². The van der Waals surface area contributed by atoms with Gasteiger partial charge >= 0.3 is 6.03 Å². The lowest BCUT2D eigenvalue weighted by Crippen LogP contribution is -2.50. The van der Waals surface area contributed by atoms with Crippen molar-refractivity contribution in [1.82, 2.24) is 15.5 Å². The largest absolute Gasteiger partial charge is 0.348 e. The van der Waals surface area contributed by atoms with Crippen LogP contribution in [0.15, 0.2) is 54.6 Å². The number of hydrogen-bond acceptors (Lipinski definition) is 3. The van der Waals surface area contributed by atoms with Crippen LogP contribution in [-0.2, 0) is 9.59 Å². The summed E-state index contributed by atoms with van der Waals surface area (Å²) in [5, 5.41) is 5.80. The molecule has 0 unspecified atom stereocenters. The fraction of sp³-hybridized carbons (Fsp3) is 0.423. The van der Waals surface area contributed by atoms with Crippen LogP contribution in [0.1, 0.15) is 57.6 Å². The molecule has 32 heavy (non-hydrogen) atoms. The number of nitrogens with zero attached hydrogens (tertiary/aromatic N) is 1. The number of imide groups is 1. The number of carbonyl (C=O) groups excluding carboxylic acids is 3. The van der Waals surface area contributed by atoms with E-state index in [9.17, 15) is 14.4 Å². The number of amides is 4. The maximum absolute atomic E-state index is 13.0. The van der Waals surface area contributed by atoms with Crippen molar-refractivity contribution in [2.24, 2.45) is 5.92 Å². The molecule has 2 N–H and O–H groups in total. The van der Waals surface area contributed by atoms with Gasteiger partial charge in [0.15, 0.2) is 0 Å². The zero-order valence-corrected chi connectivity index (χ0v) is 18.8. The highest BCUT2D eigenvalue weighted by atomic mass is 16.2. The van der Waals surface area contributed by atoms with E-state index < -0.39 is 11.6 Å². The molecule has 1 saturated carbocycles. The number of rotatable bonds is 6. The van der Waals surface area contributed by atoms with E-state index >= 15 is 0 Å². The summed E-state index contributed by atoms with van der Waals surface area (Å²) in [5.41, 5.74) is 2.39. The molecule has 4 rings (SSSR count). The second-order valence-electron chi connectivity index (χ2n) is 9.03. The van der Waals surface area contributed by atoms with Crippen LogP contribution in [0.2, 0.25) is 0 Å². The van der Waals surface area contributed by atoms with Crippen LogP contribution in [0.5, 0.6) is 0 Å². The van der Waals surface area contributed by atoms with E-state index in [0.29, 0.717) is 18.8 Å². The quantitative estimate of drug-likeness (QED) is 0.662. The van der Waals surface area contributed by atoms with Gasteiger partial charge in [-0.1, -0.05) is 67.9 Å². The Labute approximate surface area is 189 Å². The molecule has 2 aliphatic rings. The fourth-order valence-corrected chi connectivity index (χ4v) is 4.85. The molecule has 0 aromatic heterocycles. The molecule has 0 radical (unpaired) electrons. The molecule has 2 fully saturated rings. The van der Waals surface area contributed by atoms with Crippen LogP contribution in [-0.4, -0.2) is 34.8 Å². The molecule has 1 spiro atoms. The monoisotopic (exact) mass is 433 g/mol. The van der Waals surface area contributed by atoms with Gasteiger partial charge in [0.2, 0.25) is 5.91 Å². The molecule has 1 heterocycles. The summed E-state index contributed by atoms with van der Waals surface area (Å²) in [6.07, 6.45) is 4.25. The first-order chi connectivity index (χ1) is 15.4. The van der Waals surface area contributed by atoms with Gasteiger partial charge in [0.25, 0.3) is 5.91 Å². The summed E-state index contributed by atoms with van der Waals surface area (Å²) in [6.45, 7) is 3.80. The molecule has 6 heteroatoms. The molecule has 2 aromatic rings. The predicted molar refractivity (Wildman–Crippen MR) is 124 cm³/mol. The third kappa shape index (κ3) is 4.40. The number of benzene rings is 2. The smallest absolute Gasteiger partial charge is 0.325 e. The van der Waals surface area contributed by atoms with Gasteiger partial charge in [-0.25, -0.2) is 4.79 Å². The molecule has 1 aliphatic carbocycles. The highest BCUT2D eigenvalue weighted by molar-refractivity contribution is 6.09. The minimum Gasteiger partial charge on any atom is -0.348 e. The summed E-state index contributed by atoms with van der Waals surface area (Å²) in [6, 6.07) is 17.4. The van der Waals surface area contributed by atoms with Crippen molar-refractivity contribution < 1.29 is 14.4 Å². The summed E-state index contributed by atoms with van der Waals surface area (Å²) in [4.78, 5) is 39.2. The van der Waals surface area contributed by atoms with E-state index in [1.807, 2.05) is 49.4 Å². The Kier molecular flexibility index (Phi) is 6.31. The Morgan fingerprint density at radius 3 is 2.31 bits per heavy atom. The first-order valence-corrected chi connectivity index (χ1v) is 11.5. The van der Waals surface area contributed by atoms with Gasteiger partial charge in [-0.15, -0.1) is 0 Å². The number of nitrogens with one attached hydrogen (secondary N) is 2. The zero-order valence-electron chi connectivity index (χ0n) is 18.8. The number of urea groups is 1. The van der Waals surface area contributed by atoms with Crippen LogP contribution in [0.3, 0.4) is 0 Å². The van der Waals surface area contributed by atoms with Crippen molar-refractivity contribution >= 4 is 17.8 Å². The van der Waals surface area contributed by atoms with Gasteiger partial charge in [-0.3, -0.25) is 14.5 Å². The molecule has 4 amide bonds. The average molecular weight is 434 g/mol. The number of carbonyl (C=O) groups is 3. The van der Waals surface area contributed by atoms with Crippen molar-refractivity contribution in [2.45, 2.75) is 57.5 Å². The van der Waals surface area contributed by atoms with Gasteiger partial charge in [-0.05, 0) is 55.2 Å². The Morgan fingerprint density at radius 1 is 1.06 bits per heavy atom. The third-order valence-corrected chi connectivity index (χ3v) is 6.98. The van der Waals surface area contributed by atoms with Crippen LogP contribution in [0.4, 0.5) is 4.79 Å². The second kappa shape index (κ2) is 9.15. The molecular weight excluding hydrogens is 402 g/mol. The lowest BCUT2D eigenvalue weighted by molar-refractivity contribution is -0.136. The van der Waals surface area contributed by atoms with Crippen molar-refractivity contribution in [3.05, 3.63) is 60.2 Å². The van der Waals surface area contributed by atoms with E-state index in [1.165, 1.54) is 0 Å². The summed E-state index contributed by atoms with van der Waals surface area (Å²) >= 11 is 0. The SMILES string of the molecule is CCC1CCC2(CC1)NC(=O)N(CC(=O)N[C@@H](C)c1ccc(-c3ccccc3)cc1)C2=O. The van der Waals surface area contributed by atoms with E-state index in [0.717, 1.165) is 40.9 Å². The molecule has 1 saturated heterocycles. The molecule has 0 bridgehead atoms. The maximum Gasteiger partial charge on any atom is 0.325 e. The van der Waals surface area contributed by atoms with E-state index in [4.69, 9.17) is 0 Å². The van der Waals surface area contributed by atoms with Gasteiger partial charge in [0.1, 0.15) is 12.1 Å². The highest BCUT2D eigenvalue weighted by Crippen LogP contribution is 2.37. The summed E-state index contributed by atoms with van der Waals surface area (Å²) in [5.74, 6) is 0.0105. The standard InChI is InChI=1S/C26H31N3O3/c1-3-19-13-15-26(16-14-19)24(31)29(25(32)28-26)17-23(30)27-18(2)20-9-11-22(12-10-20)21-7-5-4-6-8-21/h4-12,18-19H,3,13-17H2,1-2H3,(H,27,30)(H,28,32)/t18-,19?,26?/m0/s1. The summed E-state index contributed by atoms with van der Waals surface area (Å²) in [7, 11) is 0. The van der Waals surface area contributed by atoms with Crippen molar-refractivity contribution in [3.8, 4) is 11.1 Å². The lowest BCUT2D eigenvalue weighted by Gasteiger charge is -2.34. The average Bonchev–Trinajstić information content (AvgIpc) is 3.04. The summed E-state index contributed by atoms with van der Waals surface area (Å²) < 4.78 is 0. The van der Waals surface area contributed by atoms with Crippen LogP contribution < -0.4 is 10.6 Å². The molecule has 6 nitrogen and oxygen atoms in total. The fourth-order valence-electron chi connectivity index (χ4n) is 4.85. The Hall–Kier alpha value is -3.15. The third-order valence-electron chi connectivity index (χ3n) is 6.98. The van der Waals surface area contributed by atoms with Crippen molar-refractivity contribution in [2.75, 3.05) is 6.54 Å². The number of hydrogen-bond donors (Lipinski definition) is 2. The Morgan fingerprint density at radius 2 is 1.69 bits per heavy atom. The molecule has 2 aromatic carbocycles. The van der Waals surface area contributed by atoms with E-state index in [2.05, 4.69) is 29.7 Å². The Bertz CT molecular complexity index is 979. The van der Waals surface area contributed by atoms with Crippen molar-refractivity contribution in [3.63, 3.8) is 0 Å². The van der Waals surface area contributed by atoms with Gasteiger partial charge in [0.05, 0.1) is 6.04 Å². The maximum atomic E-state index is 13.0. The van der Waals surface area contributed by atoms with E-state index in [1.54, 1.807) is 0 Å². The van der Waals surface area contributed by atoms with Crippen molar-refractivity contribution in [1.29, 1.82) is 0 Å². The van der Waals surface area contributed by atoms with Crippen LogP contribution >= 0.6 is 0 Å². The van der Waals surface area contributed by atoms with Crippen LogP contribution in [0.25, 0.3) is 11.1 Å². The molecular formula is C26H31N3O3. The van der Waals surface area contributed by atoms with Crippen LogP contribution in [0, 0.1) is 5.92 Å². The lowest BCUT2D eigenvalue weighted by atomic mass is 9.75. The van der Waals surface area contributed by atoms with Gasteiger partial charge in [-0.2, -0.15) is 0 Å². The minimum absolute atomic E-state index is 0.234. The first kappa shape index (κ1) is 22.1. The van der Waals surface area contributed by atoms with Gasteiger partial charge < -0.3 is 10.6 Å². The normalized spacial score (nSPS) is 23.8. The molecule has 1 aliphatic heterocycles. The van der Waals surface area contributed by atoms with E-state index in [-0.39, 0.29) is 24.4 Å². The second-order valence-corrected chi connectivity index (χ2v) is 9.03. The molecule has 168 valence electrons. The predicted octanol–water partition coefficient (Wildman–Crippen LogP) is 4.42. The minimum atomic E-state index is -0.818. The van der Waals surface area contributed by atoms with Gasteiger partial charge in [0, 0.05) is 0 Å². The first-order valence-electron chi connectivity index (χ1n) is 11.5. The zero-order chi connectivity index (χ0) is 22.7. The highest BCUT2D eigenvalue weighted by Gasteiger charge is 2.52. The Balaban J connectivity index is 1.35. The molecule has 1 atom stereocenters.